The van der Waals surface area contributed by atoms with Crippen molar-refractivity contribution in [3.05, 3.63) is 50.6 Å². The lowest BCUT2D eigenvalue weighted by Gasteiger charge is -2.05. The van der Waals surface area contributed by atoms with Gasteiger partial charge in [-0.1, -0.05) is 0 Å². The summed E-state index contributed by atoms with van der Waals surface area (Å²) in [6, 6.07) is 7.68. The molecule has 3 aromatic rings. The molecule has 0 atom stereocenters. The van der Waals surface area contributed by atoms with E-state index in [9.17, 15) is 4.79 Å². The minimum atomic E-state index is -0.420. The van der Waals surface area contributed by atoms with E-state index in [1.807, 2.05) is 12.1 Å². The Kier molecular flexibility index (Phi) is 2.68. The van der Waals surface area contributed by atoms with Gasteiger partial charge >= 0.3 is 5.76 Å². The number of nitrogens with one attached hydrogen (secondary N) is 2. The molecule has 0 aliphatic carbocycles. The van der Waals surface area contributed by atoms with Crippen LogP contribution in [0.3, 0.4) is 0 Å². The lowest BCUT2D eigenvalue weighted by Crippen LogP contribution is -1.98. The monoisotopic (exact) mass is 260 g/mol. The summed E-state index contributed by atoms with van der Waals surface area (Å²) in [6.07, 6.45) is 0. The Morgan fingerprint density at radius 2 is 2.28 bits per heavy atom. The number of aromatic amines is 1. The number of benzene rings is 1. The van der Waals surface area contributed by atoms with Gasteiger partial charge in [-0.05, 0) is 42.1 Å². The molecule has 0 bridgehead atoms. The van der Waals surface area contributed by atoms with Gasteiger partial charge in [0.05, 0.1) is 5.52 Å². The highest BCUT2D eigenvalue weighted by molar-refractivity contribution is 7.10. The molecule has 0 amide bonds. The first kappa shape index (κ1) is 11.1. The van der Waals surface area contributed by atoms with Gasteiger partial charge in [-0.3, -0.25) is 4.98 Å². The van der Waals surface area contributed by atoms with Crippen molar-refractivity contribution in [3.8, 4) is 0 Å². The lowest BCUT2D eigenvalue weighted by atomic mass is 10.2. The van der Waals surface area contributed by atoms with E-state index in [-0.39, 0.29) is 0 Å². The minimum Gasteiger partial charge on any atom is -0.408 e. The first-order valence-electron chi connectivity index (χ1n) is 5.62. The van der Waals surface area contributed by atoms with Crippen molar-refractivity contribution in [1.82, 2.24) is 4.98 Å². The molecule has 2 N–H and O–H groups in total. The molecule has 0 aliphatic rings. The Bertz CT molecular complexity index is 739. The number of thiophene rings is 1. The van der Waals surface area contributed by atoms with Gasteiger partial charge in [0, 0.05) is 17.1 Å². The number of aryl methyl sites for hydroxylation is 1. The van der Waals surface area contributed by atoms with E-state index in [1.165, 1.54) is 10.4 Å². The number of rotatable bonds is 3. The zero-order valence-electron chi connectivity index (χ0n) is 9.82. The molecule has 92 valence electrons. The Hall–Kier alpha value is -2.01. The normalized spacial score (nSPS) is 10.9. The van der Waals surface area contributed by atoms with Crippen LogP contribution in [0.2, 0.25) is 0 Å². The molecule has 4 nitrogen and oxygen atoms in total. The van der Waals surface area contributed by atoms with Crippen molar-refractivity contribution in [2.75, 3.05) is 5.32 Å². The molecule has 1 aromatic carbocycles. The molecule has 0 saturated heterocycles. The second-order valence-corrected chi connectivity index (χ2v) is 5.11. The molecule has 0 aliphatic heterocycles. The van der Waals surface area contributed by atoms with Gasteiger partial charge in [0.15, 0.2) is 5.58 Å². The smallest absolute Gasteiger partial charge is 0.408 e. The number of hydrogen-bond acceptors (Lipinski definition) is 4. The summed E-state index contributed by atoms with van der Waals surface area (Å²) in [5, 5.41) is 5.42. The van der Waals surface area contributed by atoms with Crippen molar-refractivity contribution < 1.29 is 4.42 Å². The first-order chi connectivity index (χ1) is 8.72. The summed E-state index contributed by atoms with van der Waals surface area (Å²) in [6.45, 7) is 2.89. The zero-order valence-corrected chi connectivity index (χ0v) is 10.6. The van der Waals surface area contributed by atoms with Gasteiger partial charge in [0.25, 0.3) is 0 Å². The van der Waals surface area contributed by atoms with Gasteiger partial charge < -0.3 is 9.73 Å². The Balaban J connectivity index is 1.82. The fourth-order valence-corrected chi connectivity index (χ4v) is 2.68. The third kappa shape index (κ3) is 2.04. The molecule has 2 heterocycles. The predicted molar refractivity (Wildman–Crippen MR) is 73.2 cm³/mol. The molecule has 2 aromatic heterocycles. The van der Waals surface area contributed by atoms with Crippen molar-refractivity contribution in [3.63, 3.8) is 0 Å². The molecule has 18 heavy (non-hydrogen) atoms. The molecular weight excluding hydrogens is 248 g/mol. The number of hydrogen-bond donors (Lipinski definition) is 2. The SMILES string of the molecule is Cc1ccsc1CNc1ccc2oc(=O)[nH]c2c1. The highest BCUT2D eigenvalue weighted by Gasteiger charge is 2.03. The van der Waals surface area contributed by atoms with Gasteiger partial charge in [0.2, 0.25) is 0 Å². The van der Waals surface area contributed by atoms with E-state index in [0.29, 0.717) is 11.1 Å². The van der Waals surface area contributed by atoms with Crippen LogP contribution in [-0.2, 0) is 6.54 Å². The second-order valence-electron chi connectivity index (χ2n) is 4.11. The summed E-state index contributed by atoms with van der Waals surface area (Å²) < 4.78 is 4.96. The van der Waals surface area contributed by atoms with Crippen LogP contribution >= 0.6 is 11.3 Å². The molecule has 0 spiro atoms. The van der Waals surface area contributed by atoms with Gasteiger partial charge in [-0.2, -0.15) is 0 Å². The van der Waals surface area contributed by atoms with E-state index < -0.39 is 5.76 Å². The quantitative estimate of drug-likeness (QED) is 0.760. The Morgan fingerprint density at radius 3 is 3.06 bits per heavy atom. The maximum absolute atomic E-state index is 11.0. The molecule has 0 fully saturated rings. The minimum absolute atomic E-state index is 0.420. The zero-order chi connectivity index (χ0) is 12.5. The predicted octanol–water partition coefficient (Wildman–Crippen LogP) is 3.10. The van der Waals surface area contributed by atoms with Crippen LogP contribution in [-0.4, -0.2) is 4.98 Å². The van der Waals surface area contributed by atoms with Gasteiger partial charge in [-0.15, -0.1) is 11.3 Å². The highest BCUT2D eigenvalue weighted by Crippen LogP contribution is 2.20. The van der Waals surface area contributed by atoms with Crippen LogP contribution in [0.15, 0.2) is 38.9 Å². The van der Waals surface area contributed by atoms with E-state index in [1.54, 1.807) is 17.4 Å². The van der Waals surface area contributed by atoms with E-state index >= 15 is 0 Å². The number of fused-ring (bicyclic) bond motifs is 1. The molecular formula is C13H12N2O2S. The van der Waals surface area contributed by atoms with Crippen LogP contribution in [0.25, 0.3) is 11.1 Å². The summed E-state index contributed by atoms with van der Waals surface area (Å²) in [7, 11) is 0. The standard InChI is InChI=1S/C13H12N2O2S/c1-8-4-5-18-12(8)7-14-9-2-3-11-10(6-9)15-13(16)17-11/h2-6,14H,7H2,1H3,(H,15,16). The van der Waals surface area contributed by atoms with Crippen LogP contribution in [0.5, 0.6) is 0 Å². The number of anilines is 1. The van der Waals surface area contributed by atoms with E-state index in [2.05, 4.69) is 28.7 Å². The maximum atomic E-state index is 11.0. The topological polar surface area (TPSA) is 58.0 Å². The lowest BCUT2D eigenvalue weighted by molar-refractivity contribution is 0.555. The summed E-state index contributed by atoms with van der Waals surface area (Å²) in [4.78, 5) is 15.0. The Labute approximate surface area is 107 Å². The molecule has 0 unspecified atom stereocenters. The number of oxazole rings is 1. The first-order valence-corrected chi connectivity index (χ1v) is 6.50. The molecule has 0 radical (unpaired) electrons. The fraction of sp³-hybridized carbons (Fsp3) is 0.154. The summed E-state index contributed by atoms with van der Waals surface area (Å²) in [5.74, 6) is -0.420. The summed E-state index contributed by atoms with van der Waals surface area (Å²) >= 11 is 1.74. The van der Waals surface area contributed by atoms with E-state index in [0.717, 1.165) is 12.2 Å². The third-order valence-corrected chi connectivity index (χ3v) is 3.86. The van der Waals surface area contributed by atoms with Crippen molar-refractivity contribution >= 4 is 28.1 Å². The number of aromatic nitrogens is 1. The highest BCUT2D eigenvalue weighted by atomic mass is 32.1. The molecule has 5 heteroatoms. The average Bonchev–Trinajstić information content (AvgIpc) is 2.90. The van der Waals surface area contributed by atoms with E-state index in [4.69, 9.17) is 4.42 Å². The third-order valence-electron chi connectivity index (χ3n) is 2.84. The van der Waals surface area contributed by atoms with Crippen LogP contribution in [0.4, 0.5) is 5.69 Å². The van der Waals surface area contributed by atoms with Crippen LogP contribution < -0.4 is 11.1 Å². The molecule has 3 rings (SSSR count). The fourth-order valence-electron chi connectivity index (χ4n) is 1.83. The van der Waals surface area contributed by atoms with Crippen LogP contribution in [0.1, 0.15) is 10.4 Å². The summed E-state index contributed by atoms with van der Waals surface area (Å²) in [5.41, 5.74) is 3.56. The largest absolute Gasteiger partial charge is 0.417 e. The van der Waals surface area contributed by atoms with Crippen molar-refractivity contribution in [1.29, 1.82) is 0 Å². The van der Waals surface area contributed by atoms with Crippen molar-refractivity contribution in [2.24, 2.45) is 0 Å². The van der Waals surface area contributed by atoms with Gasteiger partial charge in [0.1, 0.15) is 0 Å². The molecule has 0 saturated carbocycles. The van der Waals surface area contributed by atoms with Crippen LogP contribution in [0, 0.1) is 6.92 Å². The number of H-pyrrole nitrogens is 1. The second kappa shape index (κ2) is 4.34. The van der Waals surface area contributed by atoms with Crippen molar-refractivity contribution in [2.45, 2.75) is 13.5 Å². The average molecular weight is 260 g/mol. The Morgan fingerprint density at radius 1 is 1.39 bits per heavy atom. The van der Waals surface area contributed by atoms with Gasteiger partial charge in [-0.25, -0.2) is 4.79 Å². The maximum Gasteiger partial charge on any atom is 0.417 e.